The molecule has 36 heavy (non-hydrogen) atoms. The van der Waals surface area contributed by atoms with Gasteiger partial charge in [-0.1, -0.05) is 43.7 Å². The number of amides is 2. The maximum Gasteiger partial charge on any atom is 0.414 e. The molecule has 8 nitrogen and oxygen atoms in total. The number of nitrogens with zero attached hydrogens (tertiary/aromatic N) is 4. The standard InChI is InChI=1S/C28H35N5O3/c1-4-27(34)33-13-11-32(12-14-33)25(15-20-5-6-20)22-9-7-21(8-10-22)19(2)30-26-16-24-23(17-29-26)18-36-28(35)31(24)3/h4,7-10,16-17,19-20,25H,1,5-6,11-15,18H2,2-3H3,(H,29,30)/t19-,25+/m0/s1. The molecule has 1 N–H and O–H groups in total. The number of anilines is 2. The molecular weight excluding hydrogens is 454 g/mol. The van der Waals surface area contributed by atoms with E-state index in [1.165, 1.54) is 41.4 Å². The molecule has 0 bridgehead atoms. The van der Waals surface area contributed by atoms with Crippen molar-refractivity contribution in [1.29, 1.82) is 0 Å². The zero-order chi connectivity index (χ0) is 25.2. The largest absolute Gasteiger partial charge is 0.444 e. The van der Waals surface area contributed by atoms with Crippen molar-refractivity contribution >= 4 is 23.5 Å². The third kappa shape index (κ3) is 5.23. The van der Waals surface area contributed by atoms with Gasteiger partial charge in [-0.3, -0.25) is 14.6 Å². The van der Waals surface area contributed by atoms with Crippen molar-refractivity contribution in [3.05, 3.63) is 65.9 Å². The molecule has 0 unspecified atom stereocenters. The molecule has 0 radical (unpaired) electrons. The van der Waals surface area contributed by atoms with Gasteiger partial charge in [0.2, 0.25) is 5.91 Å². The van der Waals surface area contributed by atoms with Crippen molar-refractivity contribution in [2.75, 3.05) is 43.4 Å². The van der Waals surface area contributed by atoms with Gasteiger partial charge < -0.3 is 15.0 Å². The topological polar surface area (TPSA) is 78.0 Å². The van der Waals surface area contributed by atoms with Gasteiger partial charge in [0.05, 0.1) is 5.69 Å². The summed E-state index contributed by atoms with van der Waals surface area (Å²) < 4.78 is 5.13. The summed E-state index contributed by atoms with van der Waals surface area (Å²) in [5.74, 6) is 1.57. The maximum absolute atomic E-state index is 12.0. The Labute approximate surface area is 212 Å². The molecule has 190 valence electrons. The lowest BCUT2D eigenvalue weighted by Gasteiger charge is -2.39. The van der Waals surface area contributed by atoms with Crippen molar-refractivity contribution in [3.63, 3.8) is 0 Å². The Bertz CT molecular complexity index is 1120. The summed E-state index contributed by atoms with van der Waals surface area (Å²) in [6, 6.07) is 11.3. The number of carbonyl (C=O) groups is 2. The van der Waals surface area contributed by atoms with Crippen LogP contribution in [-0.2, 0) is 16.1 Å². The Kier molecular flexibility index (Phi) is 6.96. The van der Waals surface area contributed by atoms with E-state index in [9.17, 15) is 9.59 Å². The lowest BCUT2D eigenvalue weighted by molar-refractivity contribution is -0.128. The molecule has 1 aromatic carbocycles. The molecule has 1 saturated heterocycles. The quantitative estimate of drug-likeness (QED) is 0.550. The Morgan fingerprint density at radius 2 is 1.89 bits per heavy atom. The number of benzene rings is 1. The molecule has 0 spiro atoms. The highest BCUT2D eigenvalue weighted by molar-refractivity contribution is 5.90. The van der Waals surface area contributed by atoms with Gasteiger partial charge in [0.15, 0.2) is 0 Å². The highest BCUT2D eigenvalue weighted by atomic mass is 16.6. The van der Waals surface area contributed by atoms with Gasteiger partial charge in [-0.2, -0.15) is 0 Å². The van der Waals surface area contributed by atoms with Gasteiger partial charge in [-0.05, 0) is 36.5 Å². The molecule has 2 fully saturated rings. The number of rotatable bonds is 8. The van der Waals surface area contributed by atoms with Crippen molar-refractivity contribution in [3.8, 4) is 0 Å². The normalized spacial score (nSPS) is 19.8. The van der Waals surface area contributed by atoms with Gasteiger partial charge in [-0.25, -0.2) is 9.78 Å². The van der Waals surface area contributed by atoms with Crippen molar-refractivity contribution in [2.45, 2.75) is 44.9 Å². The van der Waals surface area contributed by atoms with Gasteiger partial charge in [0.25, 0.3) is 0 Å². The number of ether oxygens (including phenoxy) is 1. The number of fused-ring (bicyclic) bond motifs is 1. The SMILES string of the molecule is C=CC(=O)N1CCN([C@H](CC2CC2)c2ccc([C@H](C)Nc3cc4c(cn3)COC(=O)N4C)cc2)CC1. The number of carbonyl (C=O) groups excluding carboxylic acids is 2. The maximum atomic E-state index is 12.0. The summed E-state index contributed by atoms with van der Waals surface area (Å²) in [7, 11) is 1.71. The monoisotopic (exact) mass is 489 g/mol. The molecule has 3 heterocycles. The average molecular weight is 490 g/mol. The first kappa shape index (κ1) is 24.3. The summed E-state index contributed by atoms with van der Waals surface area (Å²) in [6.45, 7) is 9.29. The van der Waals surface area contributed by atoms with E-state index in [1.54, 1.807) is 13.2 Å². The number of hydrogen-bond acceptors (Lipinski definition) is 6. The van der Waals surface area contributed by atoms with Crippen LogP contribution in [0.1, 0.15) is 55.0 Å². The molecule has 2 aromatic rings. The fourth-order valence-electron chi connectivity index (χ4n) is 5.17. The summed E-state index contributed by atoms with van der Waals surface area (Å²) >= 11 is 0. The first-order valence-corrected chi connectivity index (χ1v) is 12.8. The van der Waals surface area contributed by atoms with Gasteiger partial charge >= 0.3 is 6.09 Å². The zero-order valence-electron chi connectivity index (χ0n) is 21.2. The average Bonchev–Trinajstić information content (AvgIpc) is 3.74. The minimum absolute atomic E-state index is 0.0271. The molecule has 1 aromatic heterocycles. The second kappa shape index (κ2) is 10.3. The molecule has 5 rings (SSSR count). The van der Waals surface area contributed by atoms with Crippen LogP contribution in [-0.4, -0.2) is 60.0 Å². The van der Waals surface area contributed by atoms with Crippen LogP contribution in [0.5, 0.6) is 0 Å². The predicted molar refractivity (Wildman–Crippen MR) is 140 cm³/mol. The minimum Gasteiger partial charge on any atom is -0.444 e. The number of aromatic nitrogens is 1. The molecule has 2 aliphatic heterocycles. The van der Waals surface area contributed by atoms with Crippen LogP contribution in [0.3, 0.4) is 0 Å². The van der Waals surface area contributed by atoms with Crippen molar-refractivity contribution < 1.29 is 14.3 Å². The summed E-state index contributed by atoms with van der Waals surface area (Å²) in [5, 5.41) is 3.47. The van der Waals surface area contributed by atoms with Crippen LogP contribution in [0.4, 0.5) is 16.3 Å². The van der Waals surface area contributed by atoms with E-state index in [0.29, 0.717) is 6.04 Å². The van der Waals surface area contributed by atoms with E-state index in [2.05, 4.69) is 53.0 Å². The molecule has 8 heteroatoms. The third-order valence-corrected chi connectivity index (χ3v) is 7.63. The first-order valence-electron chi connectivity index (χ1n) is 12.8. The van der Waals surface area contributed by atoms with Crippen LogP contribution < -0.4 is 10.2 Å². The predicted octanol–water partition coefficient (Wildman–Crippen LogP) is 4.51. The van der Waals surface area contributed by atoms with E-state index in [1.807, 2.05) is 11.0 Å². The number of nitrogens with one attached hydrogen (secondary N) is 1. The highest BCUT2D eigenvalue weighted by Crippen LogP contribution is 2.40. The molecular formula is C28H35N5O3. The Morgan fingerprint density at radius 1 is 1.19 bits per heavy atom. The molecule has 2 atom stereocenters. The second-order valence-electron chi connectivity index (χ2n) is 10.1. The zero-order valence-corrected chi connectivity index (χ0v) is 21.2. The third-order valence-electron chi connectivity index (χ3n) is 7.63. The Balaban J connectivity index is 1.26. The number of hydrogen-bond donors (Lipinski definition) is 1. The van der Waals surface area contributed by atoms with E-state index in [0.717, 1.165) is 49.2 Å². The number of cyclic esters (lactones) is 1. The van der Waals surface area contributed by atoms with Gasteiger partial charge in [0, 0.05) is 63.1 Å². The highest BCUT2D eigenvalue weighted by Gasteiger charge is 2.32. The van der Waals surface area contributed by atoms with Crippen molar-refractivity contribution in [1.82, 2.24) is 14.8 Å². The van der Waals surface area contributed by atoms with E-state index >= 15 is 0 Å². The van der Waals surface area contributed by atoms with Crippen LogP contribution in [0.25, 0.3) is 0 Å². The van der Waals surface area contributed by atoms with E-state index in [4.69, 9.17) is 4.74 Å². The fourth-order valence-corrected chi connectivity index (χ4v) is 5.17. The molecule has 3 aliphatic rings. The lowest BCUT2D eigenvalue weighted by atomic mass is 9.96. The lowest BCUT2D eigenvalue weighted by Crippen LogP contribution is -2.49. The summed E-state index contributed by atoms with van der Waals surface area (Å²) in [5.41, 5.74) is 4.24. The van der Waals surface area contributed by atoms with Crippen LogP contribution in [0.2, 0.25) is 0 Å². The molecule has 2 amide bonds. The Hall–Kier alpha value is -3.39. The Morgan fingerprint density at radius 3 is 2.56 bits per heavy atom. The van der Waals surface area contributed by atoms with Crippen LogP contribution in [0, 0.1) is 5.92 Å². The number of piperazine rings is 1. The summed E-state index contributed by atoms with van der Waals surface area (Å²) in [4.78, 5) is 34.3. The van der Waals surface area contributed by atoms with E-state index in [-0.39, 0.29) is 24.6 Å². The fraction of sp³-hybridized carbons (Fsp3) is 0.464. The van der Waals surface area contributed by atoms with Crippen LogP contribution >= 0.6 is 0 Å². The molecule has 1 saturated carbocycles. The van der Waals surface area contributed by atoms with Crippen molar-refractivity contribution in [2.24, 2.45) is 5.92 Å². The van der Waals surface area contributed by atoms with Gasteiger partial charge in [0.1, 0.15) is 12.4 Å². The van der Waals surface area contributed by atoms with Crippen LogP contribution in [0.15, 0.2) is 49.2 Å². The summed E-state index contributed by atoms with van der Waals surface area (Å²) in [6.07, 6.45) is 6.66. The smallest absolute Gasteiger partial charge is 0.414 e. The molecule has 1 aliphatic carbocycles. The second-order valence-corrected chi connectivity index (χ2v) is 10.1. The minimum atomic E-state index is -0.349. The van der Waals surface area contributed by atoms with Gasteiger partial charge in [-0.15, -0.1) is 0 Å². The first-order chi connectivity index (χ1) is 17.4. The number of pyridine rings is 1. The van der Waals surface area contributed by atoms with E-state index < -0.39 is 0 Å².